The van der Waals surface area contributed by atoms with Crippen molar-refractivity contribution in [1.82, 2.24) is 9.97 Å². The van der Waals surface area contributed by atoms with Crippen LogP contribution in [0, 0.1) is 13.8 Å². The highest BCUT2D eigenvalue weighted by atomic mass is 14.9. The van der Waals surface area contributed by atoms with Gasteiger partial charge in [-0.2, -0.15) is 0 Å². The lowest BCUT2D eigenvalue weighted by Crippen LogP contribution is -2.23. The fourth-order valence-electron chi connectivity index (χ4n) is 2.89. The summed E-state index contributed by atoms with van der Waals surface area (Å²) in [7, 11) is 0. The van der Waals surface area contributed by atoms with Crippen LogP contribution in [0.15, 0.2) is 36.4 Å². The minimum absolute atomic E-state index is 0.577. The molecule has 2 nitrogen and oxygen atoms in total. The van der Waals surface area contributed by atoms with E-state index in [0.717, 1.165) is 11.5 Å². The predicted octanol–water partition coefficient (Wildman–Crippen LogP) is 3.75. The fourth-order valence-corrected chi connectivity index (χ4v) is 2.89. The highest BCUT2D eigenvalue weighted by Gasteiger charge is 2.34. The molecule has 1 saturated carbocycles. The van der Waals surface area contributed by atoms with Crippen LogP contribution in [-0.2, 0) is 0 Å². The van der Waals surface area contributed by atoms with Crippen molar-refractivity contribution in [3.05, 3.63) is 59.2 Å². The molecule has 18 heavy (non-hydrogen) atoms. The molecule has 0 bridgehead atoms. The van der Waals surface area contributed by atoms with E-state index in [4.69, 9.17) is 0 Å². The molecule has 3 rings (SSSR count). The van der Waals surface area contributed by atoms with Crippen LogP contribution in [0.3, 0.4) is 0 Å². The van der Waals surface area contributed by atoms with Gasteiger partial charge in [-0.1, -0.05) is 30.3 Å². The Hall–Kier alpha value is -1.70. The second-order valence-corrected chi connectivity index (χ2v) is 5.18. The standard InChI is InChI=1S/C16H18N2/c1-11-10-16(18-12(2)17-11)15-9-8-14(15)13-6-4-3-5-7-13/h3-7,10,14-15H,8-9H2,1-2H3/t14?,15-/m0/s1. The van der Waals surface area contributed by atoms with Crippen molar-refractivity contribution in [2.75, 3.05) is 0 Å². The lowest BCUT2D eigenvalue weighted by Gasteiger charge is -2.36. The Balaban J connectivity index is 1.89. The van der Waals surface area contributed by atoms with E-state index in [-0.39, 0.29) is 0 Å². The molecule has 0 spiro atoms. The molecule has 1 aromatic carbocycles. The Morgan fingerprint density at radius 2 is 1.67 bits per heavy atom. The first kappa shape index (κ1) is 11.4. The van der Waals surface area contributed by atoms with Crippen molar-refractivity contribution in [2.24, 2.45) is 0 Å². The minimum atomic E-state index is 0.577. The molecule has 0 radical (unpaired) electrons. The summed E-state index contributed by atoms with van der Waals surface area (Å²) >= 11 is 0. The number of nitrogens with zero attached hydrogens (tertiary/aromatic N) is 2. The first-order valence-corrected chi connectivity index (χ1v) is 6.61. The van der Waals surface area contributed by atoms with E-state index in [9.17, 15) is 0 Å². The molecular weight excluding hydrogens is 220 g/mol. The summed E-state index contributed by atoms with van der Waals surface area (Å²) < 4.78 is 0. The van der Waals surface area contributed by atoms with Crippen LogP contribution in [0.4, 0.5) is 0 Å². The van der Waals surface area contributed by atoms with Gasteiger partial charge in [0.15, 0.2) is 0 Å². The molecule has 2 aromatic rings. The number of aromatic nitrogens is 2. The van der Waals surface area contributed by atoms with Gasteiger partial charge in [0.25, 0.3) is 0 Å². The number of benzene rings is 1. The van der Waals surface area contributed by atoms with E-state index >= 15 is 0 Å². The van der Waals surface area contributed by atoms with E-state index in [1.807, 2.05) is 13.8 Å². The Morgan fingerprint density at radius 3 is 2.28 bits per heavy atom. The second kappa shape index (κ2) is 4.52. The normalized spacial score (nSPS) is 22.6. The largest absolute Gasteiger partial charge is 0.239 e. The molecule has 0 saturated heterocycles. The monoisotopic (exact) mass is 238 g/mol. The summed E-state index contributed by atoms with van der Waals surface area (Å²) in [6.07, 6.45) is 2.52. The van der Waals surface area contributed by atoms with Crippen LogP contribution < -0.4 is 0 Å². The molecule has 92 valence electrons. The number of hydrogen-bond acceptors (Lipinski definition) is 2. The van der Waals surface area contributed by atoms with E-state index < -0.39 is 0 Å². The number of aryl methyl sites for hydroxylation is 2. The van der Waals surface area contributed by atoms with Crippen molar-refractivity contribution >= 4 is 0 Å². The van der Waals surface area contributed by atoms with Crippen molar-refractivity contribution < 1.29 is 0 Å². The average molecular weight is 238 g/mol. The molecule has 1 fully saturated rings. The third-order valence-corrected chi connectivity index (χ3v) is 3.87. The first-order valence-electron chi connectivity index (χ1n) is 6.61. The highest BCUT2D eigenvalue weighted by molar-refractivity contribution is 5.29. The summed E-state index contributed by atoms with van der Waals surface area (Å²) in [6.45, 7) is 4.03. The van der Waals surface area contributed by atoms with Gasteiger partial charge in [-0.05, 0) is 44.2 Å². The summed E-state index contributed by atoms with van der Waals surface area (Å²) in [4.78, 5) is 8.98. The number of rotatable bonds is 2. The zero-order valence-corrected chi connectivity index (χ0v) is 10.9. The van der Waals surface area contributed by atoms with Gasteiger partial charge < -0.3 is 0 Å². The zero-order chi connectivity index (χ0) is 12.5. The van der Waals surface area contributed by atoms with Gasteiger partial charge in [-0.3, -0.25) is 0 Å². The zero-order valence-electron chi connectivity index (χ0n) is 10.9. The summed E-state index contributed by atoms with van der Waals surface area (Å²) in [5, 5.41) is 0. The molecule has 1 unspecified atom stereocenters. The Morgan fingerprint density at radius 1 is 0.944 bits per heavy atom. The summed E-state index contributed by atoms with van der Waals surface area (Å²) in [5.74, 6) is 2.11. The van der Waals surface area contributed by atoms with Crippen molar-refractivity contribution in [1.29, 1.82) is 0 Å². The van der Waals surface area contributed by atoms with Gasteiger partial charge in [-0.25, -0.2) is 9.97 Å². The topological polar surface area (TPSA) is 25.8 Å². The minimum Gasteiger partial charge on any atom is -0.239 e. The van der Waals surface area contributed by atoms with Crippen molar-refractivity contribution in [2.45, 2.75) is 38.5 Å². The maximum Gasteiger partial charge on any atom is 0.125 e. The van der Waals surface area contributed by atoms with E-state index in [2.05, 4.69) is 46.4 Å². The average Bonchev–Trinajstić information content (AvgIpc) is 2.27. The first-order chi connectivity index (χ1) is 8.74. The second-order valence-electron chi connectivity index (χ2n) is 5.18. The van der Waals surface area contributed by atoms with E-state index in [0.29, 0.717) is 11.8 Å². The van der Waals surface area contributed by atoms with Crippen LogP contribution in [0.1, 0.15) is 47.5 Å². The molecule has 0 N–H and O–H groups in total. The van der Waals surface area contributed by atoms with Crippen molar-refractivity contribution in [3.63, 3.8) is 0 Å². The summed E-state index contributed by atoms with van der Waals surface area (Å²) in [5.41, 5.74) is 3.75. The Bertz CT molecular complexity index is 528. The van der Waals surface area contributed by atoms with Gasteiger partial charge in [0.1, 0.15) is 5.82 Å². The Kier molecular flexibility index (Phi) is 2.86. The van der Waals surface area contributed by atoms with E-state index in [1.165, 1.54) is 24.1 Å². The van der Waals surface area contributed by atoms with Crippen LogP contribution in [0.25, 0.3) is 0 Å². The quantitative estimate of drug-likeness (QED) is 0.796. The van der Waals surface area contributed by atoms with Gasteiger partial charge in [0.05, 0.1) is 0 Å². The van der Waals surface area contributed by atoms with E-state index in [1.54, 1.807) is 0 Å². The van der Waals surface area contributed by atoms with Crippen LogP contribution in [0.5, 0.6) is 0 Å². The summed E-state index contributed by atoms with van der Waals surface area (Å²) in [6, 6.07) is 12.9. The fraction of sp³-hybridized carbons (Fsp3) is 0.375. The molecule has 1 aliphatic carbocycles. The van der Waals surface area contributed by atoms with Crippen LogP contribution in [-0.4, -0.2) is 9.97 Å². The van der Waals surface area contributed by atoms with Gasteiger partial charge in [-0.15, -0.1) is 0 Å². The molecule has 2 heteroatoms. The lowest BCUT2D eigenvalue weighted by molar-refractivity contribution is 0.339. The Labute approximate surface area is 108 Å². The van der Waals surface area contributed by atoms with Gasteiger partial charge in [0, 0.05) is 17.3 Å². The SMILES string of the molecule is Cc1cc([C@H]2CCC2c2ccccc2)nc(C)n1. The molecule has 1 aromatic heterocycles. The van der Waals surface area contributed by atoms with Crippen molar-refractivity contribution in [3.8, 4) is 0 Å². The maximum absolute atomic E-state index is 4.62. The molecule has 1 aliphatic rings. The van der Waals surface area contributed by atoms with Gasteiger partial charge >= 0.3 is 0 Å². The molecule has 2 atom stereocenters. The highest BCUT2D eigenvalue weighted by Crippen LogP contribution is 2.48. The number of hydrogen-bond donors (Lipinski definition) is 0. The van der Waals surface area contributed by atoms with Gasteiger partial charge in [0.2, 0.25) is 0 Å². The third-order valence-electron chi connectivity index (χ3n) is 3.87. The molecule has 0 amide bonds. The van der Waals surface area contributed by atoms with Crippen LogP contribution >= 0.6 is 0 Å². The predicted molar refractivity (Wildman–Crippen MR) is 72.7 cm³/mol. The lowest BCUT2D eigenvalue weighted by atomic mass is 9.68. The molecule has 1 heterocycles. The van der Waals surface area contributed by atoms with Crippen LogP contribution in [0.2, 0.25) is 0 Å². The molecule has 0 aliphatic heterocycles. The maximum atomic E-state index is 4.62. The molecular formula is C16H18N2. The smallest absolute Gasteiger partial charge is 0.125 e. The third kappa shape index (κ3) is 2.03.